The first-order valence-corrected chi connectivity index (χ1v) is 5.76. The van der Waals surface area contributed by atoms with Crippen LogP contribution in [0, 0.1) is 0 Å². The van der Waals surface area contributed by atoms with Gasteiger partial charge in [-0.3, -0.25) is 4.79 Å². The SMILES string of the molecule is COCCC(C)NC(=O)N[C@@H](CC(=O)OC)C(=O)O. The van der Waals surface area contributed by atoms with Crippen molar-refractivity contribution in [3.05, 3.63) is 0 Å². The first-order chi connectivity index (χ1) is 8.90. The maximum atomic E-state index is 11.5. The molecule has 0 radical (unpaired) electrons. The number of rotatable bonds is 8. The van der Waals surface area contributed by atoms with Gasteiger partial charge >= 0.3 is 18.0 Å². The van der Waals surface area contributed by atoms with Crippen molar-refractivity contribution < 1.29 is 29.0 Å². The fourth-order valence-corrected chi connectivity index (χ4v) is 1.24. The molecule has 0 fully saturated rings. The number of carboxylic acid groups (broad SMARTS) is 1. The van der Waals surface area contributed by atoms with Crippen molar-refractivity contribution in [2.24, 2.45) is 0 Å². The quantitative estimate of drug-likeness (QED) is 0.526. The Labute approximate surface area is 111 Å². The average Bonchev–Trinajstić information content (AvgIpc) is 2.34. The van der Waals surface area contributed by atoms with Gasteiger partial charge in [0.25, 0.3) is 0 Å². The first kappa shape index (κ1) is 17.2. The molecule has 0 saturated carbocycles. The van der Waals surface area contributed by atoms with Gasteiger partial charge in [0, 0.05) is 19.8 Å². The van der Waals surface area contributed by atoms with Gasteiger partial charge in [0.2, 0.25) is 0 Å². The van der Waals surface area contributed by atoms with Crippen molar-refractivity contribution in [1.82, 2.24) is 10.6 Å². The zero-order valence-electron chi connectivity index (χ0n) is 11.3. The number of hydrogen-bond donors (Lipinski definition) is 3. The molecule has 0 aromatic carbocycles. The van der Waals surface area contributed by atoms with Crippen molar-refractivity contribution in [3.63, 3.8) is 0 Å². The third-order valence-electron chi connectivity index (χ3n) is 2.33. The molecule has 2 amide bonds. The Morgan fingerprint density at radius 2 is 1.84 bits per heavy atom. The van der Waals surface area contributed by atoms with E-state index < -0.39 is 30.4 Å². The standard InChI is InChI=1S/C11H20N2O6/c1-7(4-5-18-2)12-11(17)13-8(10(15)16)6-9(14)19-3/h7-8H,4-6H2,1-3H3,(H,15,16)(H2,12,13,17)/t7?,8-/m0/s1. The van der Waals surface area contributed by atoms with Gasteiger partial charge in [-0.05, 0) is 13.3 Å². The largest absolute Gasteiger partial charge is 0.480 e. The zero-order chi connectivity index (χ0) is 14.8. The number of carbonyl (C=O) groups excluding carboxylic acids is 2. The molecule has 0 aromatic rings. The smallest absolute Gasteiger partial charge is 0.326 e. The molecule has 0 bridgehead atoms. The fraction of sp³-hybridized carbons (Fsp3) is 0.727. The van der Waals surface area contributed by atoms with Crippen LogP contribution in [0.2, 0.25) is 0 Å². The van der Waals surface area contributed by atoms with E-state index in [1.54, 1.807) is 14.0 Å². The van der Waals surface area contributed by atoms with Gasteiger partial charge in [0.1, 0.15) is 6.04 Å². The number of nitrogens with one attached hydrogen (secondary N) is 2. The topological polar surface area (TPSA) is 114 Å². The van der Waals surface area contributed by atoms with Crippen molar-refractivity contribution in [2.75, 3.05) is 20.8 Å². The van der Waals surface area contributed by atoms with Gasteiger partial charge < -0.3 is 25.2 Å². The molecule has 0 aliphatic heterocycles. The minimum atomic E-state index is -1.32. The number of methoxy groups -OCH3 is 2. The number of esters is 1. The second kappa shape index (κ2) is 9.15. The maximum Gasteiger partial charge on any atom is 0.326 e. The monoisotopic (exact) mass is 276 g/mol. The minimum absolute atomic E-state index is 0.174. The van der Waals surface area contributed by atoms with Gasteiger partial charge in [-0.2, -0.15) is 0 Å². The van der Waals surface area contributed by atoms with Crippen LogP contribution in [-0.4, -0.2) is 56.0 Å². The third kappa shape index (κ3) is 7.98. The summed E-state index contributed by atoms with van der Waals surface area (Å²) in [7, 11) is 2.69. The van der Waals surface area contributed by atoms with E-state index in [1.165, 1.54) is 0 Å². The van der Waals surface area contributed by atoms with E-state index in [9.17, 15) is 14.4 Å². The highest BCUT2D eigenvalue weighted by atomic mass is 16.5. The minimum Gasteiger partial charge on any atom is -0.480 e. The Morgan fingerprint density at radius 1 is 1.21 bits per heavy atom. The van der Waals surface area contributed by atoms with Crippen LogP contribution in [0.3, 0.4) is 0 Å². The molecule has 3 N–H and O–H groups in total. The van der Waals surface area contributed by atoms with Crippen LogP contribution < -0.4 is 10.6 Å². The Hall–Kier alpha value is -1.83. The summed E-state index contributed by atoms with van der Waals surface area (Å²) in [5.74, 6) is -2.01. The summed E-state index contributed by atoms with van der Waals surface area (Å²) in [5, 5.41) is 13.6. The third-order valence-corrected chi connectivity index (χ3v) is 2.33. The summed E-state index contributed by atoms with van der Waals surface area (Å²) in [6.45, 7) is 2.24. The highest BCUT2D eigenvalue weighted by Gasteiger charge is 2.24. The second-order valence-corrected chi connectivity index (χ2v) is 3.97. The molecule has 2 atom stereocenters. The Bertz CT molecular complexity index is 320. The van der Waals surface area contributed by atoms with Crippen LogP contribution in [-0.2, 0) is 19.1 Å². The Balaban J connectivity index is 4.24. The predicted molar refractivity (Wildman–Crippen MR) is 65.7 cm³/mol. The van der Waals surface area contributed by atoms with Crippen molar-refractivity contribution in [1.29, 1.82) is 0 Å². The lowest BCUT2D eigenvalue weighted by atomic mass is 10.2. The normalized spacial score (nSPS) is 13.2. The summed E-state index contributed by atoms with van der Waals surface area (Å²) >= 11 is 0. The van der Waals surface area contributed by atoms with Crippen LogP contribution in [0.5, 0.6) is 0 Å². The average molecular weight is 276 g/mol. The van der Waals surface area contributed by atoms with Crippen LogP contribution in [0.1, 0.15) is 19.8 Å². The van der Waals surface area contributed by atoms with E-state index in [-0.39, 0.29) is 6.04 Å². The van der Waals surface area contributed by atoms with Crippen molar-refractivity contribution in [2.45, 2.75) is 31.8 Å². The number of aliphatic carboxylic acids is 1. The highest BCUT2D eigenvalue weighted by Crippen LogP contribution is 1.96. The molecule has 19 heavy (non-hydrogen) atoms. The molecule has 0 aliphatic carbocycles. The van der Waals surface area contributed by atoms with Crippen LogP contribution in [0.15, 0.2) is 0 Å². The zero-order valence-corrected chi connectivity index (χ0v) is 11.3. The molecule has 0 saturated heterocycles. The van der Waals surface area contributed by atoms with Gasteiger partial charge in [-0.25, -0.2) is 9.59 Å². The van der Waals surface area contributed by atoms with E-state index in [2.05, 4.69) is 15.4 Å². The van der Waals surface area contributed by atoms with Crippen LogP contribution in [0.25, 0.3) is 0 Å². The van der Waals surface area contributed by atoms with Gasteiger partial charge in [-0.1, -0.05) is 0 Å². The number of urea groups is 1. The lowest BCUT2D eigenvalue weighted by molar-refractivity contribution is -0.147. The summed E-state index contributed by atoms with van der Waals surface area (Å²) in [4.78, 5) is 33.4. The molecular formula is C11H20N2O6. The molecule has 110 valence electrons. The van der Waals surface area contributed by atoms with Crippen molar-refractivity contribution >= 4 is 18.0 Å². The van der Waals surface area contributed by atoms with E-state index in [4.69, 9.17) is 9.84 Å². The van der Waals surface area contributed by atoms with Gasteiger partial charge in [0.15, 0.2) is 0 Å². The fourth-order valence-electron chi connectivity index (χ4n) is 1.24. The molecule has 0 spiro atoms. The summed E-state index contributed by atoms with van der Waals surface area (Å²) < 4.78 is 9.21. The number of amides is 2. The lowest BCUT2D eigenvalue weighted by Gasteiger charge is -2.17. The summed E-state index contributed by atoms with van der Waals surface area (Å²) in [5.41, 5.74) is 0. The first-order valence-electron chi connectivity index (χ1n) is 5.76. The number of carbonyl (C=O) groups is 3. The van der Waals surface area contributed by atoms with E-state index in [0.29, 0.717) is 13.0 Å². The summed E-state index contributed by atoms with van der Waals surface area (Å²) in [6, 6.07) is -2.14. The van der Waals surface area contributed by atoms with Crippen LogP contribution >= 0.6 is 0 Å². The predicted octanol–water partition coefficient (Wildman–Crippen LogP) is -0.273. The Kier molecular flexibility index (Phi) is 8.27. The lowest BCUT2D eigenvalue weighted by Crippen LogP contribution is -2.49. The number of ether oxygens (including phenoxy) is 2. The van der Waals surface area contributed by atoms with Gasteiger partial charge in [-0.15, -0.1) is 0 Å². The molecule has 8 nitrogen and oxygen atoms in total. The van der Waals surface area contributed by atoms with Crippen LogP contribution in [0.4, 0.5) is 4.79 Å². The van der Waals surface area contributed by atoms with Gasteiger partial charge in [0.05, 0.1) is 13.5 Å². The van der Waals surface area contributed by atoms with E-state index in [0.717, 1.165) is 7.11 Å². The maximum absolute atomic E-state index is 11.5. The molecule has 0 aliphatic rings. The van der Waals surface area contributed by atoms with E-state index in [1.807, 2.05) is 0 Å². The number of hydrogen-bond acceptors (Lipinski definition) is 5. The Morgan fingerprint density at radius 3 is 2.32 bits per heavy atom. The molecule has 8 heteroatoms. The van der Waals surface area contributed by atoms with E-state index >= 15 is 0 Å². The second-order valence-electron chi connectivity index (χ2n) is 3.97. The highest BCUT2D eigenvalue weighted by molar-refractivity contribution is 5.86. The summed E-state index contributed by atoms with van der Waals surface area (Å²) in [6.07, 6.45) is 0.171. The molecule has 0 aromatic heterocycles. The number of carboxylic acids is 1. The molecule has 0 rings (SSSR count). The molecule has 0 heterocycles. The molecule has 1 unspecified atom stereocenters. The van der Waals surface area contributed by atoms with Crippen molar-refractivity contribution in [3.8, 4) is 0 Å². The molecular weight excluding hydrogens is 256 g/mol.